The van der Waals surface area contributed by atoms with Gasteiger partial charge in [-0.05, 0) is 6.92 Å². The molecule has 0 spiro atoms. The number of aryl methyl sites for hydroxylation is 2. The Bertz CT molecular complexity index is 432. The van der Waals surface area contributed by atoms with Gasteiger partial charge in [-0.15, -0.1) is 0 Å². The van der Waals surface area contributed by atoms with Gasteiger partial charge in [0.05, 0.1) is 24.3 Å². The Hall–Kier alpha value is -1.62. The average molecular weight is 206 g/mol. The van der Waals surface area contributed by atoms with Gasteiger partial charge in [-0.2, -0.15) is 0 Å². The lowest BCUT2D eigenvalue weighted by molar-refractivity contribution is 0.369. The first kappa shape index (κ1) is 9.92. The number of hydrogen-bond acceptors (Lipinski definition) is 4. The zero-order valence-corrected chi connectivity index (χ0v) is 8.90. The summed E-state index contributed by atoms with van der Waals surface area (Å²) in [7, 11) is 1.97. The Kier molecular flexibility index (Phi) is 2.82. The number of imidazole rings is 1. The maximum absolute atomic E-state index is 5.08. The minimum absolute atomic E-state index is 0.687. The molecule has 5 nitrogen and oxygen atoms in total. The molecule has 15 heavy (non-hydrogen) atoms. The Morgan fingerprint density at radius 2 is 2.33 bits per heavy atom. The summed E-state index contributed by atoms with van der Waals surface area (Å²) < 4.78 is 7.06. The summed E-state index contributed by atoms with van der Waals surface area (Å²) >= 11 is 0. The number of hydrogen-bond donors (Lipinski definition) is 1. The van der Waals surface area contributed by atoms with Crippen LogP contribution in [0.2, 0.25) is 0 Å². The van der Waals surface area contributed by atoms with Crippen molar-refractivity contribution in [3.8, 4) is 0 Å². The molecule has 2 aromatic rings. The standard InChI is InChI=1S/C10H14N4O/c1-8-3-10(15-13-8)6-11-4-9-5-12-7-14(9)2/h3,5,7,11H,4,6H2,1-2H3. The molecule has 2 aromatic heterocycles. The maximum Gasteiger partial charge on any atom is 0.150 e. The number of nitrogens with zero attached hydrogens (tertiary/aromatic N) is 3. The second kappa shape index (κ2) is 4.27. The van der Waals surface area contributed by atoms with Crippen LogP contribution in [0.3, 0.4) is 0 Å². The van der Waals surface area contributed by atoms with Gasteiger partial charge >= 0.3 is 0 Å². The number of rotatable bonds is 4. The molecule has 0 aliphatic carbocycles. The van der Waals surface area contributed by atoms with E-state index in [0.29, 0.717) is 6.54 Å². The first-order valence-electron chi connectivity index (χ1n) is 4.84. The molecule has 0 bridgehead atoms. The van der Waals surface area contributed by atoms with Crippen LogP contribution in [0.4, 0.5) is 0 Å². The van der Waals surface area contributed by atoms with Gasteiger partial charge in [-0.3, -0.25) is 0 Å². The molecule has 5 heteroatoms. The highest BCUT2D eigenvalue weighted by molar-refractivity contribution is 5.03. The van der Waals surface area contributed by atoms with Gasteiger partial charge in [-0.1, -0.05) is 5.16 Å². The van der Waals surface area contributed by atoms with Crippen LogP contribution in [-0.4, -0.2) is 14.7 Å². The van der Waals surface area contributed by atoms with Gasteiger partial charge in [0.1, 0.15) is 0 Å². The lowest BCUT2D eigenvalue weighted by Crippen LogP contribution is -2.14. The number of aromatic nitrogens is 3. The summed E-state index contributed by atoms with van der Waals surface area (Å²) in [5, 5.41) is 7.08. The fraction of sp³-hybridized carbons (Fsp3) is 0.400. The summed E-state index contributed by atoms with van der Waals surface area (Å²) in [4.78, 5) is 4.04. The van der Waals surface area contributed by atoms with E-state index in [1.807, 2.05) is 30.8 Å². The monoisotopic (exact) mass is 206 g/mol. The van der Waals surface area contributed by atoms with Crippen molar-refractivity contribution in [1.82, 2.24) is 20.0 Å². The van der Waals surface area contributed by atoms with Crippen LogP contribution in [0.1, 0.15) is 17.1 Å². The molecule has 0 saturated carbocycles. The summed E-state index contributed by atoms with van der Waals surface area (Å²) in [5.74, 6) is 0.856. The summed E-state index contributed by atoms with van der Waals surface area (Å²) in [6.45, 7) is 3.37. The highest BCUT2D eigenvalue weighted by Crippen LogP contribution is 2.02. The van der Waals surface area contributed by atoms with Gasteiger partial charge in [0.25, 0.3) is 0 Å². The maximum atomic E-state index is 5.08. The highest BCUT2D eigenvalue weighted by atomic mass is 16.5. The lowest BCUT2D eigenvalue weighted by Gasteiger charge is -2.02. The Morgan fingerprint density at radius 3 is 2.93 bits per heavy atom. The van der Waals surface area contributed by atoms with E-state index < -0.39 is 0 Å². The van der Waals surface area contributed by atoms with Crippen LogP contribution < -0.4 is 5.32 Å². The molecular weight excluding hydrogens is 192 g/mol. The van der Waals surface area contributed by atoms with E-state index in [-0.39, 0.29) is 0 Å². The summed E-state index contributed by atoms with van der Waals surface area (Å²) in [5.41, 5.74) is 2.05. The molecule has 2 rings (SSSR count). The molecule has 0 aliphatic rings. The van der Waals surface area contributed by atoms with Crippen molar-refractivity contribution in [2.24, 2.45) is 7.05 Å². The summed E-state index contributed by atoms with van der Waals surface area (Å²) in [6.07, 6.45) is 3.63. The van der Waals surface area contributed by atoms with E-state index in [2.05, 4.69) is 15.5 Å². The minimum Gasteiger partial charge on any atom is -0.360 e. The molecule has 1 N–H and O–H groups in total. The molecule has 0 aromatic carbocycles. The van der Waals surface area contributed by atoms with Crippen molar-refractivity contribution in [3.05, 3.63) is 35.7 Å². The van der Waals surface area contributed by atoms with Crippen LogP contribution in [0.5, 0.6) is 0 Å². The molecule has 0 aliphatic heterocycles. The van der Waals surface area contributed by atoms with Crippen molar-refractivity contribution in [2.75, 3.05) is 0 Å². The third-order valence-corrected chi connectivity index (χ3v) is 2.20. The fourth-order valence-corrected chi connectivity index (χ4v) is 1.37. The second-order valence-electron chi connectivity index (χ2n) is 3.53. The molecule has 0 amide bonds. The highest BCUT2D eigenvalue weighted by Gasteiger charge is 2.01. The Morgan fingerprint density at radius 1 is 1.47 bits per heavy atom. The molecule has 2 heterocycles. The molecule has 0 fully saturated rings. The largest absolute Gasteiger partial charge is 0.360 e. The Balaban J connectivity index is 1.83. The lowest BCUT2D eigenvalue weighted by atomic mass is 10.3. The average Bonchev–Trinajstić information content (AvgIpc) is 2.77. The van der Waals surface area contributed by atoms with E-state index >= 15 is 0 Å². The van der Waals surface area contributed by atoms with E-state index in [9.17, 15) is 0 Å². The van der Waals surface area contributed by atoms with Crippen LogP contribution in [-0.2, 0) is 20.1 Å². The molecule has 0 radical (unpaired) electrons. The van der Waals surface area contributed by atoms with Crippen molar-refractivity contribution in [2.45, 2.75) is 20.0 Å². The zero-order valence-electron chi connectivity index (χ0n) is 8.90. The van der Waals surface area contributed by atoms with Crippen molar-refractivity contribution < 1.29 is 4.52 Å². The van der Waals surface area contributed by atoms with Gasteiger partial charge in [-0.25, -0.2) is 4.98 Å². The van der Waals surface area contributed by atoms with Crippen LogP contribution >= 0.6 is 0 Å². The Labute approximate surface area is 88.1 Å². The first-order chi connectivity index (χ1) is 7.25. The van der Waals surface area contributed by atoms with Gasteiger partial charge in [0.15, 0.2) is 5.76 Å². The second-order valence-corrected chi connectivity index (χ2v) is 3.53. The molecule has 0 atom stereocenters. The summed E-state index contributed by atoms with van der Waals surface area (Å²) in [6, 6.07) is 1.93. The SMILES string of the molecule is Cc1cc(CNCc2cncn2C)on1. The number of nitrogens with one attached hydrogen (secondary N) is 1. The molecule has 80 valence electrons. The zero-order chi connectivity index (χ0) is 10.7. The third kappa shape index (κ3) is 2.44. The third-order valence-electron chi connectivity index (χ3n) is 2.20. The topological polar surface area (TPSA) is 55.9 Å². The van der Waals surface area contributed by atoms with Crippen molar-refractivity contribution in [1.29, 1.82) is 0 Å². The van der Waals surface area contributed by atoms with Crippen molar-refractivity contribution in [3.63, 3.8) is 0 Å². The molecular formula is C10H14N4O. The van der Waals surface area contributed by atoms with Gasteiger partial charge in [0.2, 0.25) is 0 Å². The van der Waals surface area contributed by atoms with Gasteiger partial charge < -0.3 is 14.4 Å². The predicted octanol–water partition coefficient (Wildman–Crippen LogP) is 1.01. The van der Waals surface area contributed by atoms with Crippen LogP contribution in [0.25, 0.3) is 0 Å². The predicted molar refractivity (Wildman–Crippen MR) is 55.0 cm³/mol. The van der Waals surface area contributed by atoms with Gasteiger partial charge in [0, 0.05) is 25.9 Å². The van der Waals surface area contributed by atoms with Crippen LogP contribution in [0.15, 0.2) is 23.1 Å². The van der Waals surface area contributed by atoms with E-state index in [4.69, 9.17) is 4.52 Å². The van der Waals surface area contributed by atoms with Crippen LogP contribution in [0, 0.1) is 6.92 Å². The first-order valence-corrected chi connectivity index (χ1v) is 4.84. The van der Waals surface area contributed by atoms with E-state index in [0.717, 1.165) is 23.7 Å². The minimum atomic E-state index is 0.687. The van der Waals surface area contributed by atoms with Crippen molar-refractivity contribution >= 4 is 0 Å². The van der Waals surface area contributed by atoms with E-state index in [1.54, 1.807) is 6.33 Å². The normalized spacial score (nSPS) is 10.8. The fourth-order valence-electron chi connectivity index (χ4n) is 1.37. The molecule has 0 unspecified atom stereocenters. The smallest absolute Gasteiger partial charge is 0.150 e. The quantitative estimate of drug-likeness (QED) is 0.811. The molecule has 0 saturated heterocycles. The van der Waals surface area contributed by atoms with E-state index in [1.165, 1.54) is 0 Å².